The summed E-state index contributed by atoms with van der Waals surface area (Å²) in [4.78, 5) is 0. The average molecular weight is 427 g/mol. The summed E-state index contributed by atoms with van der Waals surface area (Å²) in [6, 6.07) is 16.6. The van der Waals surface area contributed by atoms with Crippen molar-refractivity contribution in [3.8, 4) is 0 Å². The Bertz CT molecular complexity index is 887. The molecule has 0 saturated heterocycles. The van der Waals surface area contributed by atoms with Crippen LogP contribution in [0, 0.1) is 0 Å². The van der Waals surface area contributed by atoms with Gasteiger partial charge >= 0.3 is 153 Å². The average Bonchev–Trinajstić information content (AvgIpc) is 2.96. The quantitative estimate of drug-likeness (QED) is 0.539. The first-order chi connectivity index (χ1) is 11.1. The minimum absolute atomic E-state index is 0. The van der Waals surface area contributed by atoms with Crippen LogP contribution in [0.2, 0.25) is 5.02 Å². The second kappa shape index (κ2) is 7.74. The number of hydrogen-bond acceptors (Lipinski definition) is 1. The van der Waals surface area contributed by atoms with Gasteiger partial charge in [0.05, 0.1) is 0 Å². The fraction of sp³-hybridized carbons (Fsp3) is 0.100. The standard InChI is InChI=1S/C20H14ClO.2ClH.Ti/c1-22-19-10-9-16(13-5-3-2-4-6-13)18-12-14-11-15(21)7-8-17(14)20(18)19;;;/h2-12H,1H3;2*1H;. The van der Waals surface area contributed by atoms with Crippen molar-refractivity contribution in [3.05, 3.63) is 93.7 Å². The zero-order valence-electron chi connectivity index (χ0n) is 13.5. The molecule has 2 aliphatic carbocycles. The number of benzene rings is 2. The number of rotatable bonds is 2. The molecule has 2 aromatic rings. The summed E-state index contributed by atoms with van der Waals surface area (Å²) in [5, 5.41) is 0.758. The molecule has 0 N–H and O–H groups in total. The normalized spacial score (nSPS) is 20.0. The van der Waals surface area contributed by atoms with Gasteiger partial charge in [-0.05, 0) is 0 Å². The Hall–Kier alpha value is -0.956. The van der Waals surface area contributed by atoms with Crippen LogP contribution in [0.3, 0.4) is 0 Å². The summed E-state index contributed by atoms with van der Waals surface area (Å²) in [5.74, 6) is 0.908. The van der Waals surface area contributed by atoms with Gasteiger partial charge in [-0.15, -0.1) is 24.8 Å². The third-order valence-electron chi connectivity index (χ3n) is 4.46. The van der Waals surface area contributed by atoms with Crippen LogP contribution in [0.25, 0.3) is 11.6 Å². The molecule has 0 aliphatic heterocycles. The molecule has 0 spiro atoms. The van der Waals surface area contributed by atoms with Crippen LogP contribution in [0.15, 0.2) is 72.0 Å². The van der Waals surface area contributed by atoms with E-state index in [2.05, 4.69) is 69.0 Å². The first-order valence-corrected chi connectivity index (χ1v) is 8.60. The first-order valence-electron chi connectivity index (χ1n) is 7.44. The van der Waals surface area contributed by atoms with Gasteiger partial charge in [0.15, 0.2) is 0 Å². The fourth-order valence-electron chi connectivity index (χ4n) is 3.33. The van der Waals surface area contributed by atoms with Gasteiger partial charge in [-0.25, -0.2) is 0 Å². The topological polar surface area (TPSA) is 9.23 Å². The molecule has 1 unspecified atom stereocenters. The van der Waals surface area contributed by atoms with Crippen LogP contribution >= 0.6 is 36.4 Å². The maximum Gasteiger partial charge on any atom is -0.147 e. The van der Waals surface area contributed by atoms with E-state index >= 15 is 0 Å². The van der Waals surface area contributed by atoms with Crippen molar-refractivity contribution < 1.29 is 25.2 Å². The van der Waals surface area contributed by atoms with Crippen molar-refractivity contribution in [2.45, 2.75) is 3.72 Å². The second-order valence-corrected chi connectivity index (χ2v) is 7.41. The molecule has 0 heterocycles. The van der Waals surface area contributed by atoms with E-state index in [1.807, 2.05) is 18.2 Å². The van der Waals surface area contributed by atoms with Crippen LogP contribution in [0.1, 0.15) is 16.7 Å². The summed E-state index contributed by atoms with van der Waals surface area (Å²) in [5.41, 5.74) is 6.05. The summed E-state index contributed by atoms with van der Waals surface area (Å²) >= 11 is 8.44. The minimum atomic E-state index is -0.176. The predicted molar refractivity (Wildman–Crippen MR) is 105 cm³/mol. The maximum atomic E-state index is 6.19. The largest absolute Gasteiger partial charge is 0.147 e. The maximum absolute atomic E-state index is 6.19. The van der Waals surface area contributed by atoms with Crippen LogP contribution in [-0.4, -0.2) is 7.11 Å². The number of allylic oxidation sites excluding steroid dienone is 4. The molecule has 2 aromatic carbocycles. The molecule has 0 saturated carbocycles. The Morgan fingerprint density at radius 3 is 2.44 bits per heavy atom. The van der Waals surface area contributed by atoms with E-state index < -0.39 is 0 Å². The Morgan fingerprint density at radius 2 is 1.76 bits per heavy atom. The zero-order valence-corrected chi connectivity index (χ0v) is 17.4. The van der Waals surface area contributed by atoms with E-state index in [0.717, 1.165) is 16.3 Å². The third-order valence-corrected chi connectivity index (χ3v) is 5.82. The summed E-state index contributed by atoms with van der Waals surface area (Å²) < 4.78 is 5.46. The SMILES string of the molecule is COC1=C2C(=Cc3cc(Cl)ccc32)[C]([Ti])(c2ccccc2)C=C1.Cl.Cl. The first kappa shape index (κ1) is 20.4. The van der Waals surface area contributed by atoms with E-state index in [4.69, 9.17) is 16.3 Å². The van der Waals surface area contributed by atoms with Gasteiger partial charge in [-0.2, -0.15) is 0 Å². The van der Waals surface area contributed by atoms with Crippen molar-refractivity contribution in [1.29, 1.82) is 0 Å². The van der Waals surface area contributed by atoms with Gasteiger partial charge in [0, 0.05) is 0 Å². The summed E-state index contributed by atoms with van der Waals surface area (Å²) in [7, 11) is 1.73. The molecule has 2 aliphatic rings. The van der Waals surface area contributed by atoms with Crippen molar-refractivity contribution in [2.75, 3.05) is 7.11 Å². The third kappa shape index (κ3) is 3.25. The second-order valence-electron chi connectivity index (χ2n) is 5.74. The molecular formula is C20H16Cl3OTi. The minimum Gasteiger partial charge on any atom is -0.147 e. The number of halogens is 3. The van der Waals surface area contributed by atoms with Crippen LogP contribution in [0.4, 0.5) is 0 Å². The Morgan fingerprint density at radius 1 is 1.04 bits per heavy atom. The molecule has 127 valence electrons. The molecule has 0 radical (unpaired) electrons. The van der Waals surface area contributed by atoms with Gasteiger partial charge in [0.1, 0.15) is 0 Å². The number of hydrogen-bond donors (Lipinski definition) is 0. The molecule has 0 amide bonds. The van der Waals surface area contributed by atoms with Gasteiger partial charge in [-0.3, -0.25) is 0 Å². The molecule has 5 heteroatoms. The predicted octanol–water partition coefficient (Wildman–Crippen LogP) is 5.95. The molecule has 0 aromatic heterocycles. The number of methoxy groups -OCH3 is 1. The van der Waals surface area contributed by atoms with E-state index in [0.29, 0.717) is 0 Å². The molecule has 4 rings (SSSR count). The van der Waals surface area contributed by atoms with Crippen molar-refractivity contribution in [2.24, 2.45) is 0 Å². The van der Waals surface area contributed by atoms with Gasteiger partial charge in [0.2, 0.25) is 0 Å². The van der Waals surface area contributed by atoms with Crippen LogP contribution in [-0.2, 0) is 28.9 Å². The Labute approximate surface area is 177 Å². The molecule has 25 heavy (non-hydrogen) atoms. The Balaban J connectivity index is 0.00000113. The van der Waals surface area contributed by atoms with Gasteiger partial charge < -0.3 is 0 Å². The van der Waals surface area contributed by atoms with E-state index in [1.54, 1.807) is 7.11 Å². The van der Waals surface area contributed by atoms with Crippen LogP contribution < -0.4 is 0 Å². The number of ether oxygens (including phenoxy) is 1. The molecule has 1 nitrogen and oxygen atoms in total. The van der Waals surface area contributed by atoms with E-state index in [-0.39, 0.29) is 28.5 Å². The fourth-order valence-corrected chi connectivity index (χ4v) is 4.21. The van der Waals surface area contributed by atoms with Crippen LogP contribution in [0.5, 0.6) is 0 Å². The zero-order chi connectivity index (χ0) is 16.0. The smallest absolute Gasteiger partial charge is 0.147 e. The molecule has 0 bridgehead atoms. The van der Waals surface area contributed by atoms with Gasteiger partial charge in [-0.1, -0.05) is 0 Å². The van der Waals surface area contributed by atoms with Gasteiger partial charge in [0.25, 0.3) is 0 Å². The summed E-state index contributed by atoms with van der Waals surface area (Å²) in [6.45, 7) is 0. The van der Waals surface area contributed by atoms with Crippen molar-refractivity contribution in [3.63, 3.8) is 0 Å². The summed E-state index contributed by atoms with van der Waals surface area (Å²) in [6.07, 6.45) is 6.55. The van der Waals surface area contributed by atoms with Crippen molar-refractivity contribution in [1.82, 2.24) is 0 Å². The van der Waals surface area contributed by atoms with Crippen molar-refractivity contribution >= 4 is 48.1 Å². The monoisotopic (exact) mass is 425 g/mol. The molecular weight excluding hydrogens is 410 g/mol. The van der Waals surface area contributed by atoms with E-state index in [9.17, 15) is 0 Å². The molecule has 1 atom stereocenters. The Kier molecular flexibility index (Phi) is 6.30. The number of fused-ring (bicyclic) bond motifs is 3. The van der Waals surface area contributed by atoms with E-state index in [1.165, 1.54) is 22.3 Å². The molecule has 0 fully saturated rings.